The summed E-state index contributed by atoms with van der Waals surface area (Å²) in [7, 11) is 0. The minimum absolute atomic E-state index is 0.0829. The summed E-state index contributed by atoms with van der Waals surface area (Å²) < 4.78 is 0. The number of carbonyl (C=O) groups excluding carboxylic acids is 1. The fraction of sp³-hybridized carbons (Fsp3) is 0.917. The molecule has 0 fully saturated rings. The molecular formula is C12H26N2O. The van der Waals surface area contributed by atoms with Gasteiger partial charge in [-0.2, -0.15) is 0 Å². The highest BCUT2D eigenvalue weighted by atomic mass is 16.1. The molecule has 0 heterocycles. The van der Waals surface area contributed by atoms with Crippen LogP contribution in [-0.2, 0) is 4.79 Å². The Labute approximate surface area is 94.0 Å². The zero-order chi connectivity index (χ0) is 11.9. The molecule has 0 spiro atoms. The van der Waals surface area contributed by atoms with E-state index in [1.807, 2.05) is 13.8 Å². The van der Waals surface area contributed by atoms with Gasteiger partial charge in [0, 0.05) is 19.0 Å². The lowest BCUT2D eigenvalue weighted by Gasteiger charge is -2.18. The first-order valence-electron chi connectivity index (χ1n) is 5.81. The topological polar surface area (TPSA) is 41.1 Å². The Morgan fingerprint density at radius 2 is 1.73 bits per heavy atom. The van der Waals surface area contributed by atoms with Gasteiger partial charge in [0.15, 0.2) is 0 Å². The van der Waals surface area contributed by atoms with Gasteiger partial charge in [0.2, 0.25) is 5.91 Å². The number of hydrogen-bond acceptors (Lipinski definition) is 2. The first-order chi connectivity index (χ1) is 6.83. The summed E-state index contributed by atoms with van der Waals surface area (Å²) in [6.07, 6.45) is 1.16. The maximum atomic E-state index is 11.2. The zero-order valence-electron chi connectivity index (χ0n) is 10.8. The summed E-state index contributed by atoms with van der Waals surface area (Å²) in [4.78, 5) is 11.2. The average molecular weight is 214 g/mol. The molecule has 90 valence electrons. The van der Waals surface area contributed by atoms with E-state index in [-0.39, 0.29) is 11.8 Å². The van der Waals surface area contributed by atoms with E-state index in [0.717, 1.165) is 26.1 Å². The van der Waals surface area contributed by atoms with Crippen molar-refractivity contribution >= 4 is 5.91 Å². The lowest BCUT2D eigenvalue weighted by atomic mass is 9.92. The van der Waals surface area contributed by atoms with Gasteiger partial charge in [0.05, 0.1) is 0 Å². The van der Waals surface area contributed by atoms with Crippen LogP contribution in [0.3, 0.4) is 0 Å². The van der Waals surface area contributed by atoms with Crippen LogP contribution in [0.4, 0.5) is 0 Å². The number of rotatable bonds is 6. The Balaban J connectivity index is 3.30. The fourth-order valence-corrected chi connectivity index (χ4v) is 1.07. The molecule has 0 aromatic carbocycles. The number of amides is 1. The van der Waals surface area contributed by atoms with Crippen LogP contribution in [-0.4, -0.2) is 25.5 Å². The standard InChI is InChI=1S/C12H26N2O/c1-10(2)11(15)14-9-8-13-7-6-12(3,4)5/h10,13H,6-9H2,1-5H3,(H,14,15). The second-order valence-corrected chi connectivity index (χ2v) is 5.51. The lowest BCUT2D eigenvalue weighted by Crippen LogP contribution is -2.35. The van der Waals surface area contributed by atoms with Crippen molar-refractivity contribution in [3.63, 3.8) is 0 Å². The summed E-state index contributed by atoms with van der Waals surface area (Å²) >= 11 is 0. The Bertz CT molecular complexity index is 183. The van der Waals surface area contributed by atoms with Crippen LogP contribution in [0.5, 0.6) is 0 Å². The first-order valence-corrected chi connectivity index (χ1v) is 5.81. The van der Waals surface area contributed by atoms with E-state index in [9.17, 15) is 4.79 Å². The van der Waals surface area contributed by atoms with Crippen LogP contribution in [0.25, 0.3) is 0 Å². The van der Waals surface area contributed by atoms with Crippen molar-refractivity contribution in [3.05, 3.63) is 0 Å². The van der Waals surface area contributed by atoms with Crippen molar-refractivity contribution in [3.8, 4) is 0 Å². The van der Waals surface area contributed by atoms with Gasteiger partial charge in [0.1, 0.15) is 0 Å². The third-order valence-corrected chi connectivity index (χ3v) is 2.18. The van der Waals surface area contributed by atoms with E-state index in [0.29, 0.717) is 5.41 Å². The monoisotopic (exact) mass is 214 g/mol. The highest BCUT2D eigenvalue weighted by Gasteiger charge is 2.08. The molecule has 0 aromatic heterocycles. The summed E-state index contributed by atoms with van der Waals surface area (Å²) in [6, 6.07) is 0. The molecule has 0 saturated carbocycles. The summed E-state index contributed by atoms with van der Waals surface area (Å²) in [6.45, 7) is 13.1. The van der Waals surface area contributed by atoms with Gasteiger partial charge < -0.3 is 10.6 Å². The van der Waals surface area contributed by atoms with Crippen LogP contribution in [0, 0.1) is 11.3 Å². The van der Waals surface area contributed by atoms with Crippen LogP contribution in [0.1, 0.15) is 41.0 Å². The van der Waals surface area contributed by atoms with Gasteiger partial charge in [-0.1, -0.05) is 34.6 Å². The zero-order valence-corrected chi connectivity index (χ0v) is 10.8. The molecule has 3 nitrogen and oxygen atoms in total. The van der Waals surface area contributed by atoms with Gasteiger partial charge >= 0.3 is 0 Å². The molecular weight excluding hydrogens is 188 g/mol. The van der Waals surface area contributed by atoms with E-state index in [1.54, 1.807) is 0 Å². The third-order valence-electron chi connectivity index (χ3n) is 2.18. The Morgan fingerprint density at radius 3 is 2.20 bits per heavy atom. The molecule has 0 aliphatic carbocycles. The average Bonchev–Trinajstić information content (AvgIpc) is 2.08. The van der Waals surface area contributed by atoms with E-state index in [2.05, 4.69) is 31.4 Å². The van der Waals surface area contributed by atoms with Gasteiger partial charge in [-0.3, -0.25) is 4.79 Å². The molecule has 1 amide bonds. The van der Waals surface area contributed by atoms with Gasteiger partial charge in [-0.15, -0.1) is 0 Å². The minimum atomic E-state index is 0.0829. The van der Waals surface area contributed by atoms with Crippen molar-refractivity contribution in [2.75, 3.05) is 19.6 Å². The Kier molecular flexibility index (Phi) is 6.57. The van der Waals surface area contributed by atoms with E-state index in [1.165, 1.54) is 0 Å². The second kappa shape index (κ2) is 6.83. The second-order valence-electron chi connectivity index (χ2n) is 5.51. The molecule has 0 radical (unpaired) electrons. The van der Waals surface area contributed by atoms with Gasteiger partial charge in [0.25, 0.3) is 0 Å². The van der Waals surface area contributed by atoms with Gasteiger partial charge in [-0.05, 0) is 18.4 Å². The largest absolute Gasteiger partial charge is 0.355 e. The number of nitrogens with one attached hydrogen (secondary N) is 2. The van der Waals surface area contributed by atoms with Crippen molar-refractivity contribution in [2.24, 2.45) is 11.3 Å². The predicted octanol–water partition coefficient (Wildman–Crippen LogP) is 1.78. The van der Waals surface area contributed by atoms with Crippen molar-refractivity contribution in [1.29, 1.82) is 0 Å². The van der Waals surface area contributed by atoms with E-state index < -0.39 is 0 Å². The molecule has 0 unspecified atom stereocenters. The third kappa shape index (κ3) is 9.73. The van der Waals surface area contributed by atoms with Crippen LogP contribution < -0.4 is 10.6 Å². The Hall–Kier alpha value is -0.570. The quantitative estimate of drug-likeness (QED) is 0.662. The number of carbonyl (C=O) groups is 1. The smallest absolute Gasteiger partial charge is 0.222 e. The first kappa shape index (κ1) is 14.4. The van der Waals surface area contributed by atoms with E-state index in [4.69, 9.17) is 0 Å². The highest BCUT2D eigenvalue weighted by Crippen LogP contribution is 2.16. The number of hydrogen-bond donors (Lipinski definition) is 2. The van der Waals surface area contributed by atoms with Crippen LogP contribution >= 0.6 is 0 Å². The van der Waals surface area contributed by atoms with Gasteiger partial charge in [-0.25, -0.2) is 0 Å². The minimum Gasteiger partial charge on any atom is -0.355 e. The maximum Gasteiger partial charge on any atom is 0.222 e. The van der Waals surface area contributed by atoms with Crippen LogP contribution in [0.2, 0.25) is 0 Å². The summed E-state index contributed by atoms with van der Waals surface area (Å²) in [5, 5.41) is 6.20. The SMILES string of the molecule is CC(C)C(=O)NCCNCCC(C)(C)C. The molecule has 0 aliphatic heterocycles. The molecule has 0 rings (SSSR count). The summed E-state index contributed by atoms with van der Waals surface area (Å²) in [5.41, 5.74) is 0.383. The molecule has 0 aliphatic rings. The normalized spacial score (nSPS) is 11.9. The predicted molar refractivity (Wildman–Crippen MR) is 64.8 cm³/mol. The molecule has 0 saturated heterocycles. The van der Waals surface area contributed by atoms with Crippen molar-refractivity contribution < 1.29 is 4.79 Å². The maximum absolute atomic E-state index is 11.2. The van der Waals surface area contributed by atoms with Crippen molar-refractivity contribution in [1.82, 2.24) is 10.6 Å². The highest BCUT2D eigenvalue weighted by molar-refractivity contribution is 5.77. The summed E-state index contributed by atoms with van der Waals surface area (Å²) in [5.74, 6) is 0.215. The van der Waals surface area contributed by atoms with Crippen LogP contribution in [0.15, 0.2) is 0 Å². The Morgan fingerprint density at radius 1 is 1.13 bits per heavy atom. The lowest BCUT2D eigenvalue weighted by molar-refractivity contribution is -0.123. The molecule has 0 atom stereocenters. The molecule has 0 bridgehead atoms. The molecule has 15 heavy (non-hydrogen) atoms. The molecule has 0 aromatic rings. The molecule has 2 N–H and O–H groups in total. The van der Waals surface area contributed by atoms with Crippen molar-refractivity contribution in [2.45, 2.75) is 41.0 Å². The van der Waals surface area contributed by atoms with E-state index >= 15 is 0 Å². The molecule has 3 heteroatoms. The fourth-order valence-electron chi connectivity index (χ4n) is 1.07.